The number of hydrogen-bond acceptors (Lipinski definition) is 6. The third-order valence-corrected chi connectivity index (χ3v) is 5.68. The molecule has 1 aromatic heterocycles. The number of methoxy groups -OCH3 is 1. The van der Waals surface area contributed by atoms with Gasteiger partial charge in [0.2, 0.25) is 0 Å². The number of nitro benzene ring substituents is 1. The first-order chi connectivity index (χ1) is 15.7. The number of amides is 1. The van der Waals surface area contributed by atoms with Crippen molar-refractivity contribution in [2.45, 2.75) is 20.8 Å². The van der Waals surface area contributed by atoms with Gasteiger partial charge in [0.15, 0.2) is 0 Å². The molecule has 0 unspecified atom stereocenters. The molecule has 9 nitrogen and oxygen atoms in total. The van der Waals surface area contributed by atoms with Gasteiger partial charge in [-0.3, -0.25) is 14.9 Å². The lowest BCUT2D eigenvalue weighted by Gasteiger charge is -2.13. The second kappa shape index (κ2) is 8.51. The van der Waals surface area contributed by atoms with Crippen molar-refractivity contribution in [2.75, 3.05) is 12.1 Å². The van der Waals surface area contributed by atoms with E-state index in [1.165, 1.54) is 24.3 Å². The van der Waals surface area contributed by atoms with E-state index < -0.39 is 4.92 Å². The summed E-state index contributed by atoms with van der Waals surface area (Å²) >= 11 is 6.10. The number of aryl methyl sites for hydroxylation is 1. The Labute approximate surface area is 194 Å². The second-order valence-corrected chi connectivity index (χ2v) is 7.86. The van der Waals surface area contributed by atoms with Gasteiger partial charge in [-0.2, -0.15) is 15.2 Å². The number of halogens is 1. The Bertz CT molecular complexity index is 1360. The molecule has 10 heteroatoms. The summed E-state index contributed by atoms with van der Waals surface area (Å²) in [6.45, 7) is 5.42. The minimum atomic E-state index is -0.449. The normalized spacial score (nSPS) is 14.7. The van der Waals surface area contributed by atoms with E-state index in [1.807, 2.05) is 13.8 Å². The van der Waals surface area contributed by atoms with E-state index in [2.05, 4.69) is 10.2 Å². The monoisotopic (exact) mass is 465 g/mol. The van der Waals surface area contributed by atoms with Crippen LogP contribution >= 0.6 is 11.6 Å². The number of carbonyl (C=O) groups excluding carboxylic acids is 1. The highest BCUT2D eigenvalue weighted by Gasteiger charge is 2.30. The first kappa shape index (κ1) is 22.2. The van der Waals surface area contributed by atoms with Crippen molar-refractivity contribution in [1.29, 1.82) is 0 Å². The van der Waals surface area contributed by atoms with Gasteiger partial charge in [-0.05, 0) is 45.0 Å². The van der Waals surface area contributed by atoms with Crippen LogP contribution in [0.2, 0.25) is 5.02 Å². The van der Waals surface area contributed by atoms with Gasteiger partial charge in [-0.15, -0.1) is 0 Å². The first-order valence-electron chi connectivity index (χ1n) is 9.97. The lowest BCUT2D eigenvalue weighted by atomic mass is 10.1. The summed E-state index contributed by atoms with van der Waals surface area (Å²) in [5.41, 5.74) is 4.21. The highest BCUT2D eigenvalue weighted by Crippen LogP contribution is 2.33. The maximum absolute atomic E-state index is 13.2. The lowest BCUT2D eigenvalue weighted by Crippen LogP contribution is -2.21. The van der Waals surface area contributed by atoms with Gasteiger partial charge in [0.25, 0.3) is 11.6 Å². The van der Waals surface area contributed by atoms with Gasteiger partial charge in [-0.1, -0.05) is 17.7 Å². The Hall–Kier alpha value is -3.98. The smallest absolute Gasteiger partial charge is 0.280 e. The highest BCUT2D eigenvalue weighted by molar-refractivity contribution is 6.33. The second-order valence-electron chi connectivity index (χ2n) is 7.45. The maximum atomic E-state index is 13.2. The molecule has 0 saturated carbocycles. The topological polar surface area (TPSA) is 103 Å². The molecule has 0 saturated heterocycles. The summed E-state index contributed by atoms with van der Waals surface area (Å²) in [6, 6.07) is 11.2. The zero-order valence-electron chi connectivity index (χ0n) is 18.4. The predicted octanol–water partition coefficient (Wildman–Crippen LogP) is 4.87. The maximum Gasteiger partial charge on any atom is 0.280 e. The van der Waals surface area contributed by atoms with Crippen molar-refractivity contribution in [3.05, 3.63) is 80.1 Å². The van der Waals surface area contributed by atoms with Gasteiger partial charge in [0.05, 0.1) is 45.4 Å². The Kier molecular flexibility index (Phi) is 5.73. The fourth-order valence-electron chi connectivity index (χ4n) is 3.64. The van der Waals surface area contributed by atoms with Crippen LogP contribution in [0.25, 0.3) is 11.8 Å². The van der Waals surface area contributed by atoms with E-state index in [-0.39, 0.29) is 11.6 Å². The van der Waals surface area contributed by atoms with Gasteiger partial charge in [0, 0.05) is 29.5 Å². The standard InChI is InChI=1S/C23H20ClN5O4/c1-13-19(15(3)27(25-13)16-6-5-7-18(10-16)29(31)32)12-20-14(2)26-28(23(20)30)17-8-9-21(24)22(11-17)33-4/h5-12H,1-4H3/b20-12+. The van der Waals surface area contributed by atoms with E-state index in [0.717, 1.165) is 11.3 Å². The number of nitrogens with zero attached hydrogens (tertiary/aromatic N) is 5. The molecule has 1 aliphatic rings. The van der Waals surface area contributed by atoms with Crippen LogP contribution in [0.5, 0.6) is 5.75 Å². The molecule has 168 valence electrons. The van der Waals surface area contributed by atoms with Crippen LogP contribution in [0.15, 0.2) is 53.1 Å². The molecule has 3 aromatic rings. The third-order valence-electron chi connectivity index (χ3n) is 5.36. The van der Waals surface area contributed by atoms with Crippen molar-refractivity contribution >= 4 is 40.7 Å². The van der Waals surface area contributed by atoms with Crippen LogP contribution in [0, 0.1) is 24.0 Å². The fraction of sp³-hybridized carbons (Fsp3) is 0.174. The minimum absolute atomic E-state index is 0.0251. The summed E-state index contributed by atoms with van der Waals surface area (Å²) in [7, 11) is 1.50. The Morgan fingerprint density at radius 3 is 2.58 bits per heavy atom. The van der Waals surface area contributed by atoms with E-state index in [1.54, 1.807) is 48.0 Å². The molecule has 1 aliphatic heterocycles. The summed E-state index contributed by atoms with van der Waals surface area (Å²) < 4.78 is 6.87. The average molecular weight is 466 g/mol. The number of aromatic nitrogens is 2. The number of nitro groups is 1. The molecule has 2 aromatic carbocycles. The van der Waals surface area contributed by atoms with Gasteiger partial charge >= 0.3 is 0 Å². The minimum Gasteiger partial charge on any atom is -0.495 e. The number of hydrazone groups is 1. The van der Waals surface area contributed by atoms with E-state index in [0.29, 0.717) is 39.1 Å². The summed E-state index contributed by atoms with van der Waals surface area (Å²) in [4.78, 5) is 23.9. The molecule has 0 aliphatic carbocycles. The van der Waals surface area contributed by atoms with Crippen molar-refractivity contribution in [1.82, 2.24) is 9.78 Å². The molecular formula is C23H20ClN5O4. The first-order valence-corrected chi connectivity index (χ1v) is 10.4. The third kappa shape index (κ3) is 3.98. The van der Waals surface area contributed by atoms with Crippen molar-refractivity contribution < 1.29 is 14.5 Å². The number of hydrogen-bond donors (Lipinski definition) is 0. The fourth-order valence-corrected chi connectivity index (χ4v) is 3.83. The Balaban J connectivity index is 1.72. The Morgan fingerprint density at radius 2 is 1.88 bits per heavy atom. The number of non-ortho nitro benzene ring substituents is 1. The number of carbonyl (C=O) groups is 1. The number of benzene rings is 2. The molecule has 0 bridgehead atoms. The van der Waals surface area contributed by atoms with Crippen LogP contribution in [0.4, 0.5) is 11.4 Å². The molecule has 0 atom stereocenters. The van der Waals surface area contributed by atoms with E-state index >= 15 is 0 Å². The predicted molar refractivity (Wildman–Crippen MR) is 126 cm³/mol. The zero-order chi connectivity index (χ0) is 23.9. The van der Waals surface area contributed by atoms with Crippen molar-refractivity contribution in [2.24, 2.45) is 5.10 Å². The number of anilines is 1. The van der Waals surface area contributed by atoms with Crippen LogP contribution in [-0.4, -0.2) is 33.4 Å². The zero-order valence-corrected chi connectivity index (χ0v) is 19.1. The van der Waals surface area contributed by atoms with Crippen molar-refractivity contribution in [3.63, 3.8) is 0 Å². The molecule has 0 radical (unpaired) electrons. The van der Waals surface area contributed by atoms with Crippen LogP contribution in [0.1, 0.15) is 23.9 Å². The molecule has 4 rings (SSSR count). The van der Waals surface area contributed by atoms with Crippen LogP contribution in [-0.2, 0) is 4.79 Å². The summed E-state index contributed by atoms with van der Waals surface area (Å²) in [5.74, 6) is 0.149. The molecule has 0 fully saturated rings. The molecule has 0 spiro atoms. The molecule has 2 heterocycles. The molecular weight excluding hydrogens is 446 g/mol. The molecule has 33 heavy (non-hydrogen) atoms. The quantitative estimate of drug-likeness (QED) is 0.304. The SMILES string of the molecule is COc1cc(N2N=C(C)/C(=C\c3c(C)nn(-c4cccc([N+](=O)[O-])c4)c3C)C2=O)ccc1Cl. The molecule has 1 amide bonds. The average Bonchev–Trinajstić information content (AvgIpc) is 3.24. The van der Waals surface area contributed by atoms with Gasteiger partial charge in [-0.25, -0.2) is 4.68 Å². The Morgan fingerprint density at radius 1 is 1.12 bits per heavy atom. The largest absolute Gasteiger partial charge is 0.495 e. The van der Waals surface area contributed by atoms with Gasteiger partial charge < -0.3 is 4.74 Å². The number of ether oxygens (including phenoxy) is 1. The van der Waals surface area contributed by atoms with E-state index in [4.69, 9.17) is 16.3 Å². The van der Waals surface area contributed by atoms with Crippen molar-refractivity contribution in [3.8, 4) is 11.4 Å². The number of rotatable bonds is 5. The highest BCUT2D eigenvalue weighted by atomic mass is 35.5. The van der Waals surface area contributed by atoms with Crippen LogP contribution in [0.3, 0.4) is 0 Å². The van der Waals surface area contributed by atoms with Crippen LogP contribution < -0.4 is 9.75 Å². The van der Waals surface area contributed by atoms with E-state index in [9.17, 15) is 14.9 Å². The van der Waals surface area contributed by atoms with Gasteiger partial charge in [0.1, 0.15) is 5.75 Å². The summed E-state index contributed by atoms with van der Waals surface area (Å²) in [5, 5.41) is 21.8. The lowest BCUT2D eigenvalue weighted by molar-refractivity contribution is -0.384. The molecule has 0 N–H and O–H groups in total. The summed E-state index contributed by atoms with van der Waals surface area (Å²) in [6.07, 6.45) is 1.75.